The van der Waals surface area contributed by atoms with Crippen LogP contribution in [0.5, 0.6) is 0 Å². The maximum atomic E-state index is 14.2. The van der Waals surface area contributed by atoms with Gasteiger partial charge in [-0.1, -0.05) is 11.8 Å². The lowest BCUT2D eigenvalue weighted by Gasteiger charge is -2.29. The van der Waals surface area contributed by atoms with E-state index in [1.165, 1.54) is 24.9 Å². The third kappa shape index (κ3) is 2.86. The van der Waals surface area contributed by atoms with Crippen LogP contribution in [-0.2, 0) is 10.7 Å². The van der Waals surface area contributed by atoms with E-state index in [-0.39, 0.29) is 11.0 Å². The number of carboxylic acid groups (broad SMARTS) is 1. The number of rotatable bonds is 4. The van der Waals surface area contributed by atoms with Crippen LogP contribution in [0.15, 0.2) is 22.2 Å². The molecule has 0 spiro atoms. The van der Waals surface area contributed by atoms with E-state index in [1.54, 1.807) is 6.26 Å². The molecule has 0 saturated heterocycles. The van der Waals surface area contributed by atoms with Gasteiger partial charge in [0.2, 0.25) is 0 Å². The fourth-order valence-electron chi connectivity index (χ4n) is 3.37. The van der Waals surface area contributed by atoms with Crippen molar-refractivity contribution in [3.8, 4) is 0 Å². The molecule has 2 aromatic rings. The maximum Gasteiger partial charge on any atom is 0.379 e. The van der Waals surface area contributed by atoms with Gasteiger partial charge >= 0.3 is 11.9 Å². The van der Waals surface area contributed by atoms with Crippen LogP contribution in [0.3, 0.4) is 0 Å². The number of hydrogen-bond donors (Lipinski definition) is 2. The minimum absolute atomic E-state index is 0.103. The van der Waals surface area contributed by atoms with Gasteiger partial charge in [-0.2, -0.15) is 8.78 Å². The first-order chi connectivity index (χ1) is 12.1. The van der Waals surface area contributed by atoms with Gasteiger partial charge in [-0.15, -0.1) is 0 Å². The highest BCUT2D eigenvalue weighted by molar-refractivity contribution is 7.98. The number of halogens is 2. The molecule has 140 valence electrons. The van der Waals surface area contributed by atoms with Gasteiger partial charge in [0.25, 0.3) is 5.56 Å². The van der Waals surface area contributed by atoms with Crippen LogP contribution in [0.2, 0.25) is 0 Å². The summed E-state index contributed by atoms with van der Waals surface area (Å²) < 4.78 is 29.3. The van der Waals surface area contributed by atoms with Gasteiger partial charge in [0.1, 0.15) is 5.65 Å². The van der Waals surface area contributed by atoms with Crippen molar-refractivity contribution in [1.82, 2.24) is 14.5 Å². The third-order valence-corrected chi connectivity index (χ3v) is 5.29. The molecule has 2 atom stereocenters. The van der Waals surface area contributed by atoms with Crippen LogP contribution >= 0.6 is 11.8 Å². The number of carbonyl (C=O) groups is 1. The summed E-state index contributed by atoms with van der Waals surface area (Å²) in [6.45, 7) is 1.53. The van der Waals surface area contributed by atoms with E-state index in [1.807, 2.05) is 0 Å². The topological polar surface area (TPSA) is 105 Å². The lowest BCUT2D eigenvalue weighted by atomic mass is 9.99. The molecule has 7 nitrogen and oxygen atoms in total. The summed E-state index contributed by atoms with van der Waals surface area (Å²) >= 11 is 1.21. The lowest BCUT2D eigenvalue weighted by molar-refractivity contribution is -0.166. The molecule has 0 amide bonds. The van der Waals surface area contributed by atoms with Crippen molar-refractivity contribution in [3.63, 3.8) is 0 Å². The number of hydrogen-bond acceptors (Lipinski definition) is 6. The normalized spacial score (nSPS) is 23.5. The summed E-state index contributed by atoms with van der Waals surface area (Å²) in [4.78, 5) is 32.1. The Kier molecular flexibility index (Phi) is 4.51. The predicted molar refractivity (Wildman–Crippen MR) is 90.6 cm³/mol. The molecule has 2 N–H and O–H groups in total. The Morgan fingerprint density at radius 3 is 2.73 bits per heavy atom. The smallest absolute Gasteiger partial charge is 0.379 e. The fourth-order valence-corrected chi connectivity index (χ4v) is 3.71. The molecular weight excluding hydrogens is 368 g/mol. The van der Waals surface area contributed by atoms with E-state index >= 15 is 0 Å². The monoisotopic (exact) mass is 385 g/mol. The lowest BCUT2D eigenvalue weighted by Crippen LogP contribution is -2.42. The Bertz CT molecular complexity index is 945. The number of alkyl halides is 2. The van der Waals surface area contributed by atoms with Gasteiger partial charge in [-0.3, -0.25) is 9.36 Å². The zero-order valence-corrected chi connectivity index (χ0v) is 14.9. The molecule has 0 bridgehead atoms. The fraction of sp³-hybridized carbons (Fsp3) is 0.500. The first-order valence-electron chi connectivity index (χ1n) is 7.90. The van der Waals surface area contributed by atoms with Crippen molar-refractivity contribution in [3.05, 3.63) is 28.2 Å². The van der Waals surface area contributed by atoms with Crippen LogP contribution in [-0.4, -0.2) is 42.6 Å². The van der Waals surface area contributed by atoms with E-state index in [2.05, 4.69) is 9.97 Å². The molecule has 0 aliphatic heterocycles. The maximum absolute atomic E-state index is 14.2. The van der Waals surface area contributed by atoms with Gasteiger partial charge in [0, 0.05) is 11.6 Å². The van der Waals surface area contributed by atoms with Gasteiger partial charge in [0.15, 0.2) is 5.16 Å². The van der Waals surface area contributed by atoms with Crippen LogP contribution in [0.4, 0.5) is 8.78 Å². The molecule has 1 fully saturated rings. The summed E-state index contributed by atoms with van der Waals surface area (Å²) in [7, 11) is 0. The number of thioether (sulfide) groups is 1. The summed E-state index contributed by atoms with van der Waals surface area (Å²) in [6, 6.07) is 0.0300. The Hall–Kier alpha value is -2.07. The molecule has 2 heterocycles. The zero-order valence-electron chi connectivity index (χ0n) is 14.1. The van der Waals surface area contributed by atoms with Crippen molar-refractivity contribution < 1.29 is 23.8 Å². The zero-order chi connectivity index (χ0) is 19.3. The van der Waals surface area contributed by atoms with E-state index < -0.39 is 34.7 Å². The Morgan fingerprint density at radius 2 is 2.19 bits per heavy atom. The molecule has 0 unspecified atom stereocenters. The second kappa shape index (κ2) is 6.27. The van der Waals surface area contributed by atoms with Gasteiger partial charge < -0.3 is 10.2 Å². The third-order valence-electron chi connectivity index (χ3n) is 4.73. The summed E-state index contributed by atoms with van der Waals surface area (Å²) in [5.41, 5.74) is -3.52. The molecule has 26 heavy (non-hydrogen) atoms. The molecule has 1 aliphatic carbocycles. The number of pyridine rings is 1. The molecule has 3 rings (SSSR count). The largest absolute Gasteiger partial charge is 0.477 e. The predicted octanol–water partition coefficient (Wildman–Crippen LogP) is 2.17. The molecule has 1 aliphatic rings. The minimum Gasteiger partial charge on any atom is -0.477 e. The minimum atomic E-state index is -4.37. The molecule has 2 aromatic heterocycles. The SMILES string of the molecule is CSc1ncc2cc(C(F)(F)C(=O)O)c(=O)n([C@@H]3CCC[C@@]3(C)O)c2n1. The van der Waals surface area contributed by atoms with E-state index in [9.17, 15) is 23.5 Å². The highest BCUT2D eigenvalue weighted by atomic mass is 32.2. The second-order valence-corrected chi connectivity index (χ2v) is 7.29. The average Bonchev–Trinajstić information content (AvgIpc) is 2.92. The van der Waals surface area contributed by atoms with E-state index in [0.717, 1.165) is 10.6 Å². The highest BCUT2D eigenvalue weighted by Gasteiger charge is 2.46. The molecule has 0 radical (unpaired) electrons. The quantitative estimate of drug-likeness (QED) is 0.614. The van der Waals surface area contributed by atoms with Crippen LogP contribution in [0, 0.1) is 0 Å². The van der Waals surface area contributed by atoms with Crippen molar-refractivity contribution >= 4 is 28.8 Å². The number of carboxylic acids is 1. The number of aliphatic carboxylic acids is 1. The first kappa shape index (κ1) is 18.7. The second-order valence-electron chi connectivity index (χ2n) is 6.51. The Labute approximate surface area is 151 Å². The molecule has 1 saturated carbocycles. The van der Waals surface area contributed by atoms with Crippen molar-refractivity contribution in [2.75, 3.05) is 6.26 Å². The van der Waals surface area contributed by atoms with Crippen LogP contribution in [0.25, 0.3) is 11.0 Å². The van der Waals surface area contributed by atoms with Crippen LogP contribution < -0.4 is 5.56 Å². The van der Waals surface area contributed by atoms with E-state index in [0.29, 0.717) is 24.4 Å². The van der Waals surface area contributed by atoms with Gasteiger partial charge in [-0.05, 0) is 38.5 Å². The summed E-state index contributed by atoms with van der Waals surface area (Å²) in [5, 5.41) is 19.9. The van der Waals surface area contributed by atoms with Crippen molar-refractivity contribution in [2.24, 2.45) is 0 Å². The number of aliphatic hydroxyl groups is 1. The van der Waals surface area contributed by atoms with Crippen molar-refractivity contribution in [1.29, 1.82) is 0 Å². The standard InChI is InChI=1S/C16H17F2N3O4S/c1-15(25)5-3-4-10(15)21-11-8(7-19-14(20-11)26-2)6-9(12(21)22)16(17,18)13(23)24/h6-7,10,25H,3-5H2,1-2H3,(H,23,24)/t10-,15-/m1/s1. The van der Waals surface area contributed by atoms with Crippen LogP contribution in [0.1, 0.15) is 37.8 Å². The first-order valence-corrected chi connectivity index (χ1v) is 9.12. The summed E-state index contributed by atoms with van der Waals surface area (Å²) in [5.74, 6) is -6.78. The molecule has 0 aromatic carbocycles. The van der Waals surface area contributed by atoms with E-state index in [4.69, 9.17) is 5.11 Å². The highest BCUT2D eigenvalue weighted by Crippen LogP contribution is 2.40. The van der Waals surface area contributed by atoms with Crippen molar-refractivity contribution in [2.45, 2.75) is 48.9 Å². The Balaban J connectivity index is 2.40. The Morgan fingerprint density at radius 1 is 1.50 bits per heavy atom. The average molecular weight is 385 g/mol. The van der Waals surface area contributed by atoms with Gasteiger partial charge in [-0.25, -0.2) is 14.8 Å². The number of fused-ring (bicyclic) bond motifs is 1. The number of aromatic nitrogens is 3. The van der Waals surface area contributed by atoms with Gasteiger partial charge in [0.05, 0.1) is 17.2 Å². The molecular formula is C16H17F2N3O4S. The summed E-state index contributed by atoms with van der Waals surface area (Å²) in [6.07, 6.45) is 4.39. The number of nitrogens with zero attached hydrogens (tertiary/aromatic N) is 3. The molecule has 10 heteroatoms.